The summed E-state index contributed by atoms with van der Waals surface area (Å²) >= 11 is 0. The molecule has 1 heterocycles. The zero-order valence-electron chi connectivity index (χ0n) is 14.2. The Hall–Kier alpha value is -2.46. The van der Waals surface area contributed by atoms with Crippen LogP contribution >= 0.6 is 0 Å². The van der Waals surface area contributed by atoms with Crippen molar-refractivity contribution in [3.05, 3.63) is 71.6 Å². The second-order valence-corrected chi connectivity index (χ2v) is 5.94. The molecule has 1 amide bonds. The second-order valence-electron chi connectivity index (χ2n) is 5.94. The van der Waals surface area contributed by atoms with Crippen LogP contribution in [0.25, 0.3) is 6.08 Å². The lowest BCUT2D eigenvalue weighted by molar-refractivity contribution is -0.128. The molecule has 1 aromatic carbocycles. The van der Waals surface area contributed by atoms with Crippen molar-refractivity contribution < 1.29 is 9.90 Å². The van der Waals surface area contributed by atoms with E-state index >= 15 is 0 Å². The first kappa shape index (κ1) is 17.9. The van der Waals surface area contributed by atoms with E-state index in [0.29, 0.717) is 13.0 Å². The Bertz CT molecular complexity index is 683. The summed E-state index contributed by atoms with van der Waals surface area (Å²) in [6, 6.07) is 11.8. The first-order valence-corrected chi connectivity index (χ1v) is 8.15. The van der Waals surface area contributed by atoms with Gasteiger partial charge in [0.2, 0.25) is 5.91 Å². The molecule has 0 radical (unpaired) electrons. The fourth-order valence-electron chi connectivity index (χ4n) is 2.51. The molecule has 0 aliphatic rings. The largest absolute Gasteiger partial charge is 0.396 e. The van der Waals surface area contributed by atoms with Crippen LogP contribution in [-0.4, -0.2) is 33.5 Å². The smallest absolute Gasteiger partial charge is 0.247 e. The van der Waals surface area contributed by atoms with E-state index in [2.05, 4.69) is 4.98 Å². The number of amides is 1. The summed E-state index contributed by atoms with van der Waals surface area (Å²) in [6.07, 6.45) is 7.43. The predicted octanol–water partition coefficient (Wildman–Crippen LogP) is 3.20. The summed E-state index contributed by atoms with van der Waals surface area (Å²) < 4.78 is 0. The van der Waals surface area contributed by atoms with Crippen LogP contribution in [-0.2, 0) is 11.3 Å². The molecule has 2 rings (SSSR count). The maximum Gasteiger partial charge on any atom is 0.247 e. The minimum absolute atomic E-state index is 0.0389. The van der Waals surface area contributed by atoms with Crippen LogP contribution in [0.5, 0.6) is 0 Å². The van der Waals surface area contributed by atoms with Crippen molar-refractivity contribution in [3.63, 3.8) is 0 Å². The molecular weight excluding hydrogens is 300 g/mol. The fraction of sp³-hybridized carbons (Fsp3) is 0.300. The SMILES string of the molecule is Cc1cncc(/C=C/C(=O)N(Cc2ccccc2)C(C)CCO)c1. The van der Waals surface area contributed by atoms with Gasteiger partial charge in [-0.25, -0.2) is 0 Å². The van der Waals surface area contributed by atoms with E-state index in [1.165, 1.54) is 0 Å². The van der Waals surface area contributed by atoms with Crippen LogP contribution in [0.15, 0.2) is 54.9 Å². The Balaban J connectivity index is 2.14. The Labute approximate surface area is 143 Å². The number of hydrogen-bond donors (Lipinski definition) is 1. The van der Waals surface area contributed by atoms with Gasteiger partial charge in [-0.15, -0.1) is 0 Å². The third kappa shape index (κ3) is 5.32. The monoisotopic (exact) mass is 324 g/mol. The Morgan fingerprint density at radius 3 is 2.71 bits per heavy atom. The van der Waals surface area contributed by atoms with E-state index < -0.39 is 0 Å². The Morgan fingerprint density at radius 2 is 2.04 bits per heavy atom. The number of benzene rings is 1. The maximum atomic E-state index is 12.7. The Morgan fingerprint density at radius 1 is 1.29 bits per heavy atom. The third-order valence-electron chi connectivity index (χ3n) is 3.87. The lowest BCUT2D eigenvalue weighted by Gasteiger charge is -2.28. The molecule has 24 heavy (non-hydrogen) atoms. The van der Waals surface area contributed by atoms with Crippen molar-refractivity contribution >= 4 is 12.0 Å². The van der Waals surface area contributed by atoms with Gasteiger partial charge in [0.15, 0.2) is 0 Å². The number of aliphatic hydroxyl groups is 1. The standard InChI is InChI=1S/C20H24N2O2/c1-16-12-19(14-21-13-16)8-9-20(24)22(17(2)10-11-23)15-18-6-4-3-5-7-18/h3-9,12-14,17,23H,10-11,15H2,1-2H3/b9-8+. The molecule has 4 nitrogen and oxygen atoms in total. The molecular formula is C20H24N2O2. The van der Waals surface area contributed by atoms with Crippen molar-refractivity contribution in [2.45, 2.75) is 32.9 Å². The molecule has 1 atom stereocenters. The van der Waals surface area contributed by atoms with Gasteiger partial charge in [0.05, 0.1) is 0 Å². The van der Waals surface area contributed by atoms with Crippen LogP contribution in [0.3, 0.4) is 0 Å². The highest BCUT2D eigenvalue weighted by molar-refractivity contribution is 5.92. The fourth-order valence-corrected chi connectivity index (χ4v) is 2.51. The summed E-state index contributed by atoms with van der Waals surface area (Å²) in [6.45, 7) is 4.51. The van der Waals surface area contributed by atoms with Crippen molar-refractivity contribution in [1.82, 2.24) is 9.88 Å². The molecule has 0 saturated carbocycles. The van der Waals surface area contributed by atoms with Crippen LogP contribution in [0.2, 0.25) is 0 Å². The average Bonchev–Trinajstić information content (AvgIpc) is 2.59. The topological polar surface area (TPSA) is 53.4 Å². The lowest BCUT2D eigenvalue weighted by Crippen LogP contribution is -2.37. The molecule has 1 aromatic heterocycles. The van der Waals surface area contributed by atoms with Crippen molar-refractivity contribution in [1.29, 1.82) is 0 Å². The van der Waals surface area contributed by atoms with Gasteiger partial charge in [0, 0.05) is 37.7 Å². The number of hydrogen-bond acceptors (Lipinski definition) is 3. The van der Waals surface area contributed by atoms with E-state index in [-0.39, 0.29) is 18.6 Å². The molecule has 126 valence electrons. The average molecular weight is 324 g/mol. The van der Waals surface area contributed by atoms with Gasteiger partial charge in [0.1, 0.15) is 0 Å². The highest BCUT2D eigenvalue weighted by Gasteiger charge is 2.18. The molecule has 0 bridgehead atoms. The molecule has 0 aliphatic carbocycles. The van der Waals surface area contributed by atoms with Gasteiger partial charge in [-0.3, -0.25) is 9.78 Å². The van der Waals surface area contributed by atoms with E-state index in [1.807, 2.05) is 50.2 Å². The maximum absolute atomic E-state index is 12.7. The number of carbonyl (C=O) groups is 1. The van der Waals surface area contributed by atoms with Gasteiger partial charge in [-0.05, 0) is 49.1 Å². The van der Waals surface area contributed by atoms with Crippen LogP contribution in [0, 0.1) is 6.92 Å². The predicted molar refractivity (Wildman–Crippen MR) is 96.2 cm³/mol. The Kier molecular flexibility index (Phi) is 6.70. The normalized spacial score (nSPS) is 12.3. The van der Waals surface area contributed by atoms with Crippen molar-refractivity contribution in [2.75, 3.05) is 6.61 Å². The summed E-state index contributed by atoms with van der Waals surface area (Å²) in [4.78, 5) is 18.6. The number of carbonyl (C=O) groups excluding carboxylic acids is 1. The highest BCUT2D eigenvalue weighted by atomic mass is 16.3. The zero-order chi connectivity index (χ0) is 17.4. The van der Waals surface area contributed by atoms with E-state index in [1.54, 1.807) is 29.4 Å². The number of aliphatic hydroxyl groups excluding tert-OH is 1. The molecule has 1 unspecified atom stereocenters. The van der Waals surface area contributed by atoms with Crippen molar-refractivity contribution in [3.8, 4) is 0 Å². The second kappa shape index (κ2) is 8.99. The van der Waals surface area contributed by atoms with Crippen LogP contribution in [0.1, 0.15) is 30.0 Å². The first-order chi connectivity index (χ1) is 11.6. The molecule has 0 fully saturated rings. The minimum Gasteiger partial charge on any atom is -0.396 e. The zero-order valence-corrected chi connectivity index (χ0v) is 14.2. The summed E-state index contributed by atoms with van der Waals surface area (Å²) in [5, 5.41) is 9.21. The van der Waals surface area contributed by atoms with Crippen LogP contribution in [0.4, 0.5) is 0 Å². The third-order valence-corrected chi connectivity index (χ3v) is 3.87. The summed E-state index contributed by atoms with van der Waals surface area (Å²) in [7, 11) is 0. The molecule has 0 aliphatic heterocycles. The highest BCUT2D eigenvalue weighted by Crippen LogP contribution is 2.13. The van der Waals surface area contributed by atoms with E-state index in [9.17, 15) is 9.90 Å². The molecule has 0 saturated heterocycles. The molecule has 0 spiro atoms. The molecule has 1 N–H and O–H groups in total. The number of aryl methyl sites for hydroxylation is 1. The van der Waals surface area contributed by atoms with Gasteiger partial charge in [-0.1, -0.05) is 30.3 Å². The van der Waals surface area contributed by atoms with E-state index in [4.69, 9.17) is 0 Å². The number of pyridine rings is 1. The van der Waals surface area contributed by atoms with E-state index in [0.717, 1.165) is 16.7 Å². The quantitative estimate of drug-likeness (QED) is 0.796. The van der Waals surface area contributed by atoms with Gasteiger partial charge < -0.3 is 10.0 Å². The van der Waals surface area contributed by atoms with Crippen molar-refractivity contribution in [2.24, 2.45) is 0 Å². The van der Waals surface area contributed by atoms with Gasteiger partial charge >= 0.3 is 0 Å². The molecule has 2 aromatic rings. The van der Waals surface area contributed by atoms with Gasteiger partial charge in [-0.2, -0.15) is 0 Å². The number of rotatable bonds is 7. The lowest BCUT2D eigenvalue weighted by atomic mass is 10.1. The number of nitrogens with zero attached hydrogens (tertiary/aromatic N) is 2. The van der Waals surface area contributed by atoms with Gasteiger partial charge in [0.25, 0.3) is 0 Å². The summed E-state index contributed by atoms with van der Waals surface area (Å²) in [5.74, 6) is -0.0682. The van der Waals surface area contributed by atoms with Crippen LogP contribution < -0.4 is 0 Å². The number of aromatic nitrogens is 1. The minimum atomic E-state index is -0.0682. The molecule has 4 heteroatoms. The first-order valence-electron chi connectivity index (χ1n) is 8.15. The summed E-state index contributed by atoms with van der Waals surface area (Å²) in [5.41, 5.74) is 3.03.